The molecule has 14 heavy (non-hydrogen) atoms. The first kappa shape index (κ1) is 12.0. The van der Waals surface area contributed by atoms with Crippen molar-refractivity contribution in [2.45, 2.75) is 52.5 Å². The lowest BCUT2D eigenvalue weighted by Gasteiger charge is -2.40. The Morgan fingerprint density at radius 2 is 2.14 bits per heavy atom. The highest BCUT2D eigenvalue weighted by molar-refractivity contribution is 4.82. The molecule has 2 unspecified atom stereocenters. The van der Waals surface area contributed by atoms with Crippen LogP contribution >= 0.6 is 0 Å². The zero-order valence-electron chi connectivity index (χ0n) is 10.1. The minimum absolute atomic E-state index is 0.325. The molecule has 1 rings (SSSR count). The number of piperidine rings is 1. The van der Waals surface area contributed by atoms with Crippen LogP contribution in [0.25, 0.3) is 0 Å². The van der Waals surface area contributed by atoms with Crippen LogP contribution in [0.5, 0.6) is 0 Å². The standard InChI is InChI=1S/C12H26N2/c1-4-12(3,9-13)10-14-8-6-5-7-11(14)2/h11H,4-10,13H2,1-3H3. The zero-order chi connectivity index (χ0) is 10.6. The number of hydrogen-bond donors (Lipinski definition) is 1. The van der Waals surface area contributed by atoms with E-state index in [9.17, 15) is 0 Å². The third-order valence-corrected chi connectivity index (χ3v) is 3.87. The molecule has 1 aliphatic rings. The van der Waals surface area contributed by atoms with Crippen LogP contribution < -0.4 is 5.73 Å². The van der Waals surface area contributed by atoms with Gasteiger partial charge in [-0.25, -0.2) is 0 Å². The van der Waals surface area contributed by atoms with Crippen molar-refractivity contribution in [3.05, 3.63) is 0 Å². The van der Waals surface area contributed by atoms with Gasteiger partial charge >= 0.3 is 0 Å². The summed E-state index contributed by atoms with van der Waals surface area (Å²) in [5.74, 6) is 0. The SMILES string of the molecule is CCC(C)(CN)CN1CCCCC1C. The van der Waals surface area contributed by atoms with Crippen molar-refractivity contribution in [3.63, 3.8) is 0 Å². The molecular weight excluding hydrogens is 172 g/mol. The van der Waals surface area contributed by atoms with Gasteiger partial charge < -0.3 is 10.6 Å². The summed E-state index contributed by atoms with van der Waals surface area (Å²) >= 11 is 0. The molecule has 0 bridgehead atoms. The van der Waals surface area contributed by atoms with E-state index in [1.54, 1.807) is 0 Å². The topological polar surface area (TPSA) is 29.3 Å². The smallest absolute Gasteiger partial charge is 0.00671 e. The quantitative estimate of drug-likeness (QED) is 0.750. The number of likely N-dealkylation sites (tertiary alicyclic amines) is 1. The van der Waals surface area contributed by atoms with Crippen molar-refractivity contribution < 1.29 is 0 Å². The Morgan fingerprint density at radius 1 is 1.43 bits per heavy atom. The Labute approximate surface area is 88.8 Å². The highest BCUT2D eigenvalue weighted by atomic mass is 15.2. The molecule has 1 saturated heterocycles. The lowest BCUT2D eigenvalue weighted by Crippen LogP contribution is -2.46. The van der Waals surface area contributed by atoms with Gasteiger partial charge in [0.2, 0.25) is 0 Å². The van der Waals surface area contributed by atoms with Crippen molar-refractivity contribution in [2.75, 3.05) is 19.6 Å². The summed E-state index contributed by atoms with van der Waals surface area (Å²) in [6, 6.07) is 0.765. The average Bonchev–Trinajstić information content (AvgIpc) is 2.21. The molecule has 1 aliphatic heterocycles. The highest BCUT2D eigenvalue weighted by Crippen LogP contribution is 2.25. The summed E-state index contributed by atoms with van der Waals surface area (Å²) in [5.41, 5.74) is 6.18. The van der Waals surface area contributed by atoms with Crippen LogP contribution in [0.1, 0.15) is 46.5 Å². The summed E-state index contributed by atoms with van der Waals surface area (Å²) in [7, 11) is 0. The molecule has 0 saturated carbocycles. The van der Waals surface area contributed by atoms with Crippen LogP contribution in [0.4, 0.5) is 0 Å². The summed E-state index contributed by atoms with van der Waals surface area (Å²) in [6.45, 7) is 10.2. The first-order chi connectivity index (χ1) is 6.61. The van der Waals surface area contributed by atoms with Gasteiger partial charge in [-0.1, -0.05) is 20.3 Å². The van der Waals surface area contributed by atoms with Crippen LogP contribution in [0, 0.1) is 5.41 Å². The van der Waals surface area contributed by atoms with Gasteiger partial charge in [0.25, 0.3) is 0 Å². The predicted octanol–water partition coefficient (Wildman–Crippen LogP) is 2.24. The van der Waals surface area contributed by atoms with Crippen LogP contribution in [0.2, 0.25) is 0 Å². The molecule has 1 fully saturated rings. The molecule has 0 spiro atoms. The number of nitrogens with two attached hydrogens (primary N) is 1. The van der Waals surface area contributed by atoms with E-state index in [0.717, 1.165) is 12.6 Å². The van der Waals surface area contributed by atoms with Gasteiger partial charge in [0.1, 0.15) is 0 Å². The molecule has 0 aromatic carbocycles. The largest absolute Gasteiger partial charge is 0.330 e. The van der Waals surface area contributed by atoms with Crippen molar-refractivity contribution in [1.82, 2.24) is 4.90 Å². The van der Waals surface area contributed by atoms with Gasteiger partial charge in [-0.15, -0.1) is 0 Å². The highest BCUT2D eigenvalue weighted by Gasteiger charge is 2.27. The fourth-order valence-electron chi connectivity index (χ4n) is 2.20. The predicted molar refractivity (Wildman–Crippen MR) is 62.3 cm³/mol. The first-order valence-electron chi connectivity index (χ1n) is 6.05. The van der Waals surface area contributed by atoms with E-state index < -0.39 is 0 Å². The van der Waals surface area contributed by atoms with Crippen molar-refractivity contribution in [1.29, 1.82) is 0 Å². The van der Waals surface area contributed by atoms with E-state index in [-0.39, 0.29) is 0 Å². The van der Waals surface area contributed by atoms with Crippen molar-refractivity contribution in [3.8, 4) is 0 Å². The second-order valence-electron chi connectivity index (χ2n) is 5.18. The normalized spacial score (nSPS) is 28.7. The Kier molecular flexibility index (Phi) is 4.39. The summed E-state index contributed by atoms with van der Waals surface area (Å²) < 4.78 is 0. The molecule has 1 heterocycles. The van der Waals surface area contributed by atoms with Gasteiger partial charge in [0.05, 0.1) is 0 Å². The maximum atomic E-state index is 5.85. The minimum Gasteiger partial charge on any atom is -0.330 e. The molecule has 2 atom stereocenters. The third-order valence-electron chi connectivity index (χ3n) is 3.87. The van der Waals surface area contributed by atoms with Crippen LogP contribution in [-0.4, -0.2) is 30.6 Å². The van der Waals surface area contributed by atoms with Crippen LogP contribution in [0.3, 0.4) is 0 Å². The number of hydrogen-bond acceptors (Lipinski definition) is 2. The molecule has 2 nitrogen and oxygen atoms in total. The molecule has 84 valence electrons. The van der Waals surface area contributed by atoms with Crippen molar-refractivity contribution in [2.24, 2.45) is 11.1 Å². The van der Waals surface area contributed by atoms with Crippen LogP contribution in [0.15, 0.2) is 0 Å². The molecule has 2 N–H and O–H groups in total. The maximum absolute atomic E-state index is 5.85. The van der Waals surface area contributed by atoms with Crippen LogP contribution in [-0.2, 0) is 0 Å². The Hall–Kier alpha value is -0.0800. The molecule has 0 aromatic rings. The lowest BCUT2D eigenvalue weighted by atomic mass is 9.86. The fraction of sp³-hybridized carbons (Fsp3) is 1.00. The summed E-state index contributed by atoms with van der Waals surface area (Å²) in [5, 5.41) is 0. The zero-order valence-corrected chi connectivity index (χ0v) is 10.1. The lowest BCUT2D eigenvalue weighted by molar-refractivity contribution is 0.0979. The van der Waals surface area contributed by atoms with Gasteiger partial charge in [0, 0.05) is 12.6 Å². The average molecular weight is 198 g/mol. The molecule has 2 heteroatoms. The molecule has 0 amide bonds. The van der Waals surface area contributed by atoms with E-state index in [0.29, 0.717) is 5.41 Å². The van der Waals surface area contributed by atoms with E-state index in [4.69, 9.17) is 5.73 Å². The molecule has 0 aromatic heterocycles. The number of rotatable bonds is 4. The van der Waals surface area contributed by atoms with Gasteiger partial charge in [-0.3, -0.25) is 0 Å². The summed E-state index contributed by atoms with van der Waals surface area (Å²) in [4.78, 5) is 2.62. The molecule has 0 aliphatic carbocycles. The van der Waals surface area contributed by atoms with E-state index in [1.165, 1.54) is 38.8 Å². The van der Waals surface area contributed by atoms with Gasteiger partial charge in [-0.05, 0) is 44.7 Å². The Bertz CT molecular complexity index is 164. The van der Waals surface area contributed by atoms with Crippen molar-refractivity contribution >= 4 is 0 Å². The van der Waals surface area contributed by atoms with E-state index in [2.05, 4.69) is 25.7 Å². The Balaban J connectivity index is 2.48. The molecule has 0 radical (unpaired) electrons. The van der Waals surface area contributed by atoms with E-state index >= 15 is 0 Å². The summed E-state index contributed by atoms with van der Waals surface area (Å²) in [6.07, 6.45) is 5.33. The second kappa shape index (κ2) is 5.13. The van der Waals surface area contributed by atoms with Gasteiger partial charge in [0.15, 0.2) is 0 Å². The maximum Gasteiger partial charge on any atom is 0.00671 e. The number of nitrogens with zero attached hydrogens (tertiary/aromatic N) is 1. The van der Waals surface area contributed by atoms with E-state index in [1.807, 2.05) is 0 Å². The second-order valence-corrected chi connectivity index (χ2v) is 5.18. The molecular formula is C12H26N2. The minimum atomic E-state index is 0.325. The first-order valence-corrected chi connectivity index (χ1v) is 6.05. The Morgan fingerprint density at radius 3 is 2.64 bits per heavy atom. The fourth-order valence-corrected chi connectivity index (χ4v) is 2.20. The third kappa shape index (κ3) is 2.96. The monoisotopic (exact) mass is 198 g/mol. The van der Waals surface area contributed by atoms with Gasteiger partial charge in [-0.2, -0.15) is 0 Å².